The normalized spacial score (nSPS) is 19.1. The molecule has 2 fully saturated rings. The van der Waals surface area contributed by atoms with E-state index >= 15 is 0 Å². The standard InChI is InChI=1S/C24H30ClN11O2/c1-2-16-12-34(23-20(25)31-19(22(27)37)21(26)32-23)9-10-35(16)17-5-7-33(8-6-17)24(38)15-3-4-18(29-11-15)36-14-28-13-30-36/h3-4,11,13-14,16-17H,2,5-10,12H2,1H3,(H2,26,32)(H2,27,37)/t16-/m0/s1. The Morgan fingerprint density at radius 2 is 1.92 bits per heavy atom. The monoisotopic (exact) mass is 539 g/mol. The highest BCUT2D eigenvalue weighted by Crippen LogP contribution is 2.30. The van der Waals surface area contributed by atoms with Crippen molar-refractivity contribution in [3.05, 3.63) is 47.4 Å². The molecule has 3 aromatic rings. The molecule has 2 amide bonds. The third-order valence-electron chi connectivity index (χ3n) is 7.26. The topological polar surface area (TPSA) is 165 Å². The molecule has 3 aromatic heterocycles. The molecular formula is C24H30ClN11O2. The molecule has 0 bridgehead atoms. The molecule has 5 rings (SSSR count). The van der Waals surface area contributed by atoms with E-state index in [0.29, 0.717) is 49.4 Å². The number of pyridine rings is 1. The summed E-state index contributed by atoms with van der Waals surface area (Å²) in [7, 11) is 0. The van der Waals surface area contributed by atoms with Crippen LogP contribution in [-0.4, -0.2) is 96.1 Å². The van der Waals surface area contributed by atoms with Crippen LogP contribution in [0.15, 0.2) is 31.0 Å². The Labute approximate surface area is 224 Å². The Bertz CT molecular complexity index is 1290. The number of likely N-dealkylation sites (tertiary alicyclic amines) is 1. The Morgan fingerprint density at radius 1 is 1.13 bits per heavy atom. The average molecular weight is 540 g/mol. The van der Waals surface area contributed by atoms with Crippen LogP contribution in [0.5, 0.6) is 0 Å². The fourth-order valence-corrected chi connectivity index (χ4v) is 5.51. The van der Waals surface area contributed by atoms with Crippen molar-refractivity contribution in [1.29, 1.82) is 0 Å². The first-order chi connectivity index (χ1) is 18.4. The number of nitrogen functional groups attached to an aromatic ring is 1. The van der Waals surface area contributed by atoms with Crippen molar-refractivity contribution in [2.45, 2.75) is 38.3 Å². The highest BCUT2D eigenvalue weighted by molar-refractivity contribution is 6.32. The number of piperazine rings is 1. The molecule has 0 radical (unpaired) electrons. The van der Waals surface area contributed by atoms with Crippen molar-refractivity contribution in [3.63, 3.8) is 0 Å². The summed E-state index contributed by atoms with van der Waals surface area (Å²) in [6, 6.07) is 4.20. The number of halogens is 1. The van der Waals surface area contributed by atoms with Crippen molar-refractivity contribution < 1.29 is 9.59 Å². The van der Waals surface area contributed by atoms with E-state index in [9.17, 15) is 9.59 Å². The van der Waals surface area contributed by atoms with E-state index in [1.165, 1.54) is 6.33 Å². The van der Waals surface area contributed by atoms with Crippen LogP contribution in [-0.2, 0) is 0 Å². The number of aromatic nitrogens is 6. The fourth-order valence-electron chi connectivity index (χ4n) is 5.26. The molecular weight excluding hydrogens is 510 g/mol. The van der Waals surface area contributed by atoms with Gasteiger partial charge in [-0.25, -0.2) is 24.6 Å². The number of carbonyl (C=O) groups is 2. The van der Waals surface area contributed by atoms with Crippen LogP contribution in [0.1, 0.15) is 47.0 Å². The molecule has 200 valence electrons. The Hall–Kier alpha value is -3.84. The second-order valence-corrected chi connectivity index (χ2v) is 9.81. The molecule has 4 N–H and O–H groups in total. The number of carbonyl (C=O) groups excluding carboxylic acids is 2. The maximum absolute atomic E-state index is 13.1. The lowest BCUT2D eigenvalue weighted by Gasteiger charge is -2.47. The summed E-state index contributed by atoms with van der Waals surface area (Å²) < 4.78 is 1.55. The number of hydrogen-bond donors (Lipinski definition) is 2. The maximum atomic E-state index is 13.1. The summed E-state index contributed by atoms with van der Waals surface area (Å²) >= 11 is 6.34. The van der Waals surface area contributed by atoms with Crippen molar-refractivity contribution in [2.24, 2.45) is 5.73 Å². The van der Waals surface area contributed by atoms with Gasteiger partial charge in [0, 0.05) is 51.0 Å². The number of anilines is 2. The van der Waals surface area contributed by atoms with Gasteiger partial charge in [-0.1, -0.05) is 18.5 Å². The van der Waals surface area contributed by atoms with Crippen molar-refractivity contribution in [1.82, 2.24) is 39.5 Å². The van der Waals surface area contributed by atoms with Gasteiger partial charge in [-0.15, -0.1) is 0 Å². The zero-order chi connectivity index (χ0) is 26.8. The van der Waals surface area contributed by atoms with Gasteiger partial charge in [0.2, 0.25) is 0 Å². The SMILES string of the molecule is CC[C@H]1CN(c2nc(N)c(C(N)=O)nc2Cl)CCN1C1CCN(C(=O)c2ccc(-n3cncn3)nc2)CC1. The van der Waals surface area contributed by atoms with Crippen LogP contribution in [0.2, 0.25) is 5.15 Å². The van der Waals surface area contributed by atoms with E-state index in [2.05, 4.69) is 41.8 Å². The van der Waals surface area contributed by atoms with Gasteiger partial charge in [0.1, 0.15) is 12.7 Å². The minimum absolute atomic E-state index is 0.0110. The van der Waals surface area contributed by atoms with Gasteiger partial charge >= 0.3 is 0 Å². The van der Waals surface area contributed by atoms with Crippen LogP contribution >= 0.6 is 11.6 Å². The van der Waals surface area contributed by atoms with Crippen molar-refractivity contribution >= 4 is 35.1 Å². The Morgan fingerprint density at radius 3 is 2.55 bits per heavy atom. The molecule has 1 atom stereocenters. The van der Waals surface area contributed by atoms with E-state index < -0.39 is 5.91 Å². The van der Waals surface area contributed by atoms with Gasteiger partial charge in [-0.3, -0.25) is 14.5 Å². The predicted molar refractivity (Wildman–Crippen MR) is 141 cm³/mol. The Balaban J connectivity index is 1.19. The summed E-state index contributed by atoms with van der Waals surface area (Å²) in [6.45, 7) is 5.76. The summed E-state index contributed by atoms with van der Waals surface area (Å²) in [5, 5.41) is 4.18. The number of amides is 2. The number of primary amides is 1. The Kier molecular flexibility index (Phi) is 7.38. The molecule has 13 nitrogen and oxygen atoms in total. The lowest BCUT2D eigenvalue weighted by Crippen LogP contribution is -2.58. The minimum atomic E-state index is -0.760. The third kappa shape index (κ3) is 5.11. The number of hydrogen-bond acceptors (Lipinski definition) is 10. The lowest BCUT2D eigenvalue weighted by molar-refractivity contribution is 0.0490. The fraction of sp³-hybridized carbons (Fsp3) is 0.458. The molecule has 5 heterocycles. The first-order valence-corrected chi connectivity index (χ1v) is 13.0. The molecule has 0 aliphatic carbocycles. The molecule has 14 heteroatoms. The minimum Gasteiger partial charge on any atom is -0.382 e. The summed E-state index contributed by atoms with van der Waals surface area (Å²) in [5.41, 5.74) is 11.7. The van der Waals surface area contributed by atoms with Crippen LogP contribution in [0.3, 0.4) is 0 Å². The average Bonchev–Trinajstić information content (AvgIpc) is 3.48. The van der Waals surface area contributed by atoms with E-state index in [-0.39, 0.29) is 28.6 Å². The molecule has 0 saturated carbocycles. The smallest absolute Gasteiger partial charge is 0.271 e. The molecule has 0 aromatic carbocycles. The highest BCUT2D eigenvalue weighted by atomic mass is 35.5. The summed E-state index contributed by atoms with van der Waals surface area (Å²) in [4.78, 5) is 47.8. The second kappa shape index (κ2) is 10.9. The number of nitrogens with zero attached hydrogens (tertiary/aromatic N) is 9. The van der Waals surface area contributed by atoms with E-state index in [4.69, 9.17) is 23.1 Å². The lowest BCUT2D eigenvalue weighted by atomic mass is 9.98. The number of nitrogens with two attached hydrogens (primary N) is 2. The van der Waals surface area contributed by atoms with E-state index in [0.717, 1.165) is 25.8 Å². The predicted octanol–water partition coefficient (Wildman–Crippen LogP) is 0.992. The van der Waals surface area contributed by atoms with Crippen LogP contribution < -0.4 is 16.4 Å². The largest absolute Gasteiger partial charge is 0.382 e. The zero-order valence-corrected chi connectivity index (χ0v) is 21.8. The summed E-state index contributed by atoms with van der Waals surface area (Å²) in [5.74, 6) is 0.290. The van der Waals surface area contributed by atoms with Crippen LogP contribution in [0.25, 0.3) is 5.82 Å². The molecule has 0 unspecified atom stereocenters. The van der Waals surface area contributed by atoms with Crippen LogP contribution in [0.4, 0.5) is 11.6 Å². The van der Waals surface area contributed by atoms with Crippen molar-refractivity contribution in [3.8, 4) is 5.82 Å². The van der Waals surface area contributed by atoms with E-state index in [1.54, 1.807) is 29.3 Å². The molecule has 38 heavy (non-hydrogen) atoms. The zero-order valence-electron chi connectivity index (χ0n) is 21.1. The van der Waals surface area contributed by atoms with Gasteiger partial charge in [-0.05, 0) is 31.4 Å². The third-order valence-corrected chi connectivity index (χ3v) is 7.52. The molecule has 2 saturated heterocycles. The summed E-state index contributed by atoms with van der Waals surface area (Å²) in [6.07, 6.45) is 7.33. The maximum Gasteiger partial charge on any atom is 0.271 e. The highest BCUT2D eigenvalue weighted by Gasteiger charge is 2.35. The van der Waals surface area contributed by atoms with Crippen molar-refractivity contribution in [2.75, 3.05) is 43.4 Å². The van der Waals surface area contributed by atoms with Gasteiger partial charge in [0.15, 0.2) is 28.3 Å². The first-order valence-electron chi connectivity index (χ1n) is 12.6. The first kappa shape index (κ1) is 25.8. The van der Waals surface area contributed by atoms with Gasteiger partial charge < -0.3 is 21.3 Å². The second-order valence-electron chi connectivity index (χ2n) is 9.45. The molecule has 2 aliphatic rings. The number of rotatable bonds is 6. The van der Waals surface area contributed by atoms with Crippen LogP contribution in [0, 0.1) is 0 Å². The van der Waals surface area contributed by atoms with E-state index in [1.807, 2.05) is 4.90 Å². The molecule has 2 aliphatic heterocycles. The number of piperidine rings is 1. The van der Waals surface area contributed by atoms with Gasteiger partial charge in [0.25, 0.3) is 11.8 Å². The molecule has 0 spiro atoms. The van der Waals surface area contributed by atoms with Gasteiger partial charge in [-0.2, -0.15) is 5.10 Å². The quantitative estimate of drug-likeness (QED) is 0.461. The van der Waals surface area contributed by atoms with Gasteiger partial charge in [0.05, 0.1) is 5.56 Å².